The average Bonchev–Trinajstić information content (AvgIpc) is 2.82. The van der Waals surface area contributed by atoms with Gasteiger partial charge in [0, 0.05) is 26.2 Å². The second-order valence-electron chi connectivity index (χ2n) is 6.07. The Morgan fingerprint density at radius 2 is 2.16 bits per heavy atom. The van der Waals surface area contributed by atoms with Gasteiger partial charge in [-0.2, -0.15) is 0 Å². The van der Waals surface area contributed by atoms with Gasteiger partial charge in [-0.3, -0.25) is 4.90 Å². The molecule has 2 aliphatic heterocycles. The molecule has 0 saturated carbocycles. The zero-order valence-electron chi connectivity index (χ0n) is 11.6. The van der Waals surface area contributed by atoms with E-state index in [-0.39, 0.29) is 5.60 Å². The lowest BCUT2D eigenvalue weighted by Crippen LogP contribution is -2.43. The van der Waals surface area contributed by atoms with Gasteiger partial charge in [0.05, 0.1) is 5.60 Å². The largest absolute Gasteiger partial charge is 0.374 e. The van der Waals surface area contributed by atoms with Crippen LogP contribution in [-0.2, 0) is 11.3 Å². The van der Waals surface area contributed by atoms with Crippen LogP contribution in [0.1, 0.15) is 24.8 Å². The Kier molecular flexibility index (Phi) is 3.87. The fourth-order valence-electron chi connectivity index (χ4n) is 3.52. The number of nitrogens with two attached hydrogens (primary N) is 1. The first-order chi connectivity index (χ1) is 9.30. The molecule has 2 N–H and O–H groups in total. The van der Waals surface area contributed by atoms with E-state index in [2.05, 4.69) is 35.2 Å². The zero-order valence-corrected chi connectivity index (χ0v) is 11.6. The molecule has 1 aromatic carbocycles. The van der Waals surface area contributed by atoms with E-state index in [1.807, 2.05) is 0 Å². The second-order valence-corrected chi connectivity index (χ2v) is 6.07. The number of ether oxygens (including phenoxy) is 1. The van der Waals surface area contributed by atoms with Crippen molar-refractivity contribution in [1.29, 1.82) is 0 Å². The minimum Gasteiger partial charge on any atom is -0.374 e. The zero-order chi connectivity index (χ0) is 13.1. The van der Waals surface area contributed by atoms with Crippen LogP contribution in [0.4, 0.5) is 0 Å². The summed E-state index contributed by atoms with van der Waals surface area (Å²) in [6.07, 6.45) is 3.45. The fraction of sp³-hybridized carbons (Fsp3) is 0.625. The second kappa shape index (κ2) is 5.61. The highest BCUT2D eigenvalue weighted by Crippen LogP contribution is 2.36. The standard InChI is InChI=1S/C16H24N2O/c17-11-15-6-9-19-16(10-15)7-8-18(13-16)12-14-4-2-1-3-5-14/h1-5,15H,6-13,17H2. The molecule has 1 spiro atoms. The molecule has 2 aliphatic rings. The van der Waals surface area contributed by atoms with E-state index in [1.54, 1.807) is 0 Å². The van der Waals surface area contributed by atoms with Crippen molar-refractivity contribution in [3.8, 4) is 0 Å². The molecule has 2 fully saturated rings. The van der Waals surface area contributed by atoms with Gasteiger partial charge in [-0.15, -0.1) is 0 Å². The van der Waals surface area contributed by atoms with E-state index < -0.39 is 0 Å². The predicted octanol–water partition coefficient (Wildman–Crippen LogP) is 2.02. The number of hydrogen-bond acceptors (Lipinski definition) is 3. The minimum absolute atomic E-state index is 0.0943. The van der Waals surface area contributed by atoms with Crippen LogP contribution in [-0.4, -0.2) is 36.7 Å². The van der Waals surface area contributed by atoms with Gasteiger partial charge < -0.3 is 10.5 Å². The van der Waals surface area contributed by atoms with E-state index in [0.717, 1.165) is 52.0 Å². The van der Waals surface area contributed by atoms with Gasteiger partial charge in [0.25, 0.3) is 0 Å². The summed E-state index contributed by atoms with van der Waals surface area (Å²) in [5, 5.41) is 0. The Balaban J connectivity index is 1.60. The van der Waals surface area contributed by atoms with Crippen molar-refractivity contribution >= 4 is 0 Å². The first-order valence-corrected chi connectivity index (χ1v) is 7.40. The first kappa shape index (κ1) is 13.1. The maximum absolute atomic E-state index is 6.13. The van der Waals surface area contributed by atoms with E-state index in [1.165, 1.54) is 5.56 Å². The SMILES string of the molecule is NCC1CCOC2(CCN(Cc3ccccc3)C2)C1. The molecular formula is C16H24N2O. The Morgan fingerprint density at radius 3 is 2.95 bits per heavy atom. The molecule has 104 valence electrons. The smallest absolute Gasteiger partial charge is 0.0824 e. The maximum Gasteiger partial charge on any atom is 0.0824 e. The normalized spacial score (nSPS) is 31.9. The summed E-state index contributed by atoms with van der Waals surface area (Å²) in [6.45, 7) is 4.95. The highest BCUT2D eigenvalue weighted by atomic mass is 16.5. The number of benzene rings is 1. The molecule has 19 heavy (non-hydrogen) atoms. The van der Waals surface area contributed by atoms with Crippen molar-refractivity contribution < 1.29 is 4.74 Å². The van der Waals surface area contributed by atoms with Crippen LogP contribution < -0.4 is 5.73 Å². The molecule has 2 saturated heterocycles. The van der Waals surface area contributed by atoms with E-state index >= 15 is 0 Å². The molecule has 0 amide bonds. The maximum atomic E-state index is 6.13. The number of hydrogen-bond donors (Lipinski definition) is 1. The van der Waals surface area contributed by atoms with Gasteiger partial charge in [0.1, 0.15) is 0 Å². The van der Waals surface area contributed by atoms with Crippen molar-refractivity contribution in [3.63, 3.8) is 0 Å². The van der Waals surface area contributed by atoms with Crippen LogP contribution in [0.3, 0.4) is 0 Å². The molecule has 0 aliphatic carbocycles. The van der Waals surface area contributed by atoms with Crippen LogP contribution in [0.5, 0.6) is 0 Å². The van der Waals surface area contributed by atoms with Gasteiger partial charge in [0.2, 0.25) is 0 Å². The number of likely N-dealkylation sites (tertiary alicyclic amines) is 1. The minimum atomic E-state index is 0.0943. The van der Waals surface area contributed by atoms with Crippen LogP contribution >= 0.6 is 0 Å². The molecule has 0 bridgehead atoms. The van der Waals surface area contributed by atoms with Gasteiger partial charge in [-0.1, -0.05) is 30.3 Å². The van der Waals surface area contributed by atoms with Gasteiger partial charge in [-0.05, 0) is 37.3 Å². The Hall–Kier alpha value is -0.900. The fourth-order valence-corrected chi connectivity index (χ4v) is 3.52. The van der Waals surface area contributed by atoms with Crippen molar-refractivity contribution in [2.75, 3.05) is 26.2 Å². The third-order valence-electron chi connectivity index (χ3n) is 4.57. The summed E-state index contributed by atoms with van der Waals surface area (Å²) < 4.78 is 6.13. The Bertz CT molecular complexity index is 408. The van der Waals surface area contributed by atoms with Gasteiger partial charge in [0.15, 0.2) is 0 Å². The third-order valence-corrected chi connectivity index (χ3v) is 4.57. The molecule has 2 unspecified atom stereocenters. The van der Waals surface area contributed by atoms with E-state index in [4.69, 9.17) is 10.5 Å². The molecule has 1 aromatic rings. The van der Waals surface area contributed by atoms with Gasteiger partial charge in [-0.25, -0.2) is 0 Å². The molecular weight excluding hydrogens is 236 g/mol. The lowest BCUT2D eigenvalue weighted by Gasteiger charge is -2.38. The molecule has 2 heterocycles. The summed E-state index contributed by atoms with van der Waals surface area (Å²) in [5.41, 5.74) is 7.33. The quantitative estimate of drug-likeness (QED) is 0.903. The number of nitrogens with zero attached hydrogens (tertiary/aromatic N) is 1. The first-order valence-electron chi connectivity index (χ1n) is 7.40. The summed E-state index contributed by atoms with van der Waals surface area (Å²) in [4.78, 5) is 2.52. The lowest BCUT2D eigenvalue weighted by molar-refractivity contribution is -0.0879. The van der Waals surface area contributed by atoms with Crippen molar-refractivity contribution in [1.82, 2.24) is 4.90 Å². The Morgan fingerprint density at radius 1 is 1.32 bits per heavy atom. The van der Waals surface area contributed by atoms with Crippen molar-refractivity contribution in [3.05, 3.63) is 35.9 Å². The highest BCUT2D eigenvalue weighted by molar-refractivity contribution is 5.15. The highest BCUT2D eigenvalue weighted by Gasteiger charge is 2.42. The molecule has 3 nitrogen and oxygen atoms in total. The summed E-state index contributed by atoms with van der Waals surface area (Å²) in [5.74, 6) is 0.658. The predicted molar refractivity (Wildman–Crippen MR) is 76.8 cm³/mol. The summed E-state index contributed by atoms with van der Waals surface area (Å²) >= 11 is 0. The topological polar surface area (TPSA) is 38.5 Å². The van der Waals surface area contributed by atoms with Crippen LogP contribution in [0.15, 0.2) is 30.3 Å². The summed E-state index contributed by atoms with van der Waals surface area (Å²) in [7, 11) is 0. The average molecular weight is 260 g/mol. The monoisotopic (exact) mass is 260 g/mol. The lowest BCUT2D eigenvalue weighted by atomic mass is 9.85. The summed E-state index contributed by atoms with van der Waals surface area (Å²) in [6, 6.07) is 10.7. The Labute approximate surface area is 115 Å². The molecule has 3 rings (SSSR count). The van der Waals surface area contributed by atoms with E-state index in [9.17, 15) is 0 Å². The van der Waals surface area contributed by atoms with Crippen molar-refractivity contribution in [2.45, 2.75) is 31.4 Å². The van der Waals surface area contributed by atoms with Gasteiger partial charge >= 0.3 is 0 Å². The molecule has 3 heteroatoms. The molecule has 0 aromatic heterocycles. The third kappa shape index (κ3) is 2.99. The molecule has 2 atom stereocenters. The molecule has 0 radical (unpaired) electrons. The van der Waals surface area contributed by atoms with Crippen LogP contribution in [0.25, 0.3) is 0 Å². The van der Waals surface area contributed by atoms with Crippen molar-refractivity contribution in [2.24, 2.45) is 11.7 Å². The van der Waals surface area contributed by atoms with E-state index in [0.29, 0.717) is 5.92 Å². The van der Waals surface area contributed by atoms with Crippen LogP contribution in [0, 0.1) is 5.92 Å². The number of rotatable bonds is 3. The van der Waals surface area contributed by atoms with Crippen LogP contribution in [0.2, 0.25) is 0 Å².